The molecule has 0 aromatic heterocycles. The number of urea groups is 1. The summed E-state index contributed by atoms with van der Waals surface area (Å²) < 4.78 is 4.99. The molecule has 6 nitrogen and oxygen atoms in total. The first-order chi connectivity index (χ1) is 9.95. The summed E-state index contributed by atoms with van der Waals surface area (Å²) in [6, 6.07) is 7.67. The topological polar surface area (TPSA) is 78.9 Å². The lowest BCUT2D eigenvalue weighted by molar-refractivity contribution is -0.139. The number of ether oxygens (including phenoxy) is 1. The number of likely N-dealkylation sites (N-methyl/N-ethyl adjacent to an activating group) is 1. The molecule has 1 unspecified atom stereocenters. The molecule has 2 amide bonds. The van der Waals surface area contributed by atoms with Crippen LogP contribution in [0.1, 0.15) is 12.5 Å². The molecule has 0 spiro atoms. The van der Waals surface area contributed by atoms with Crippen molar-refractivity contribution in [3.63, 3.8) is 0 Å². The number of rotatable bonds is 7. The maximum absolute atomic E-state index is 12.1. The molecular formula is C15H22N2O4. The number of hydrogen-bond donors (Lipinski definition) is 2. The minimum absolute atomic E-state index is 0.138. The maximum Gasteiger partial charge on any atom is 0.326 e. The Labute approximate surface area is 124 Å². The zero-order chi connectivity index (χ0) is 15.8. The third kappa shape index (κ3) is 5.43. The second-order valence-corrected chi connectivity index (χ2v) is 4.95. The van der Waals surface area contributed by atoms with Crippen molar-refractivity contribution < 1.29 is 19.4 Å². The highest BCUT2D eigenvalue weighted by Crippen LogP contribution is 2.05. The van der Waals surface area contributed by atoms with E-state index >= 15 is 0 Å². The van der Waals surface area contributed by atoms with E-state index in [4.69, 9.17) is 4.74 Å². The average Bonchev–Trinajstić information content (AvgIpc) is 2.46. The van der Waals surface area contributed by atoms with Crippen LogP contribution in [-0.4, -0.2) is 54.9 Å². The quantitative estimate of drug-likeness (QED) is 0.796. The summed E-state index contributed by atoms with van der Waals surface area (Å²) in [5, 5.41) is 11.8. The summed E-state index contributed by atoms with van der Waals surface area (Å²) in [6.07, 6.45) is 0.244. The highest BCUT2D eigenvalue weighted by atomic mass is 16.5. The first kappa shape index (κ1) is 17.0. The number of aliphatic carboxylic acids is 1. The Morgan fingerprint density at radius 3 is 2.48 bits per heavy atom. The second-order valence-electron chi connectivity index (χ2n) is 4.95. The van der Waals surface area contributed by atoms with Crippen LogP contribution in [-0.2, 0) is 16.0 Å². The number of nitrogens with zero attached hydrogens (tertiary/aromatic N) is 1. The minimum atomic E-state index is -1.06. The molecule has 1 aromatic carbocycles. The van der Waals surface area contributed by atoms with Crippen LogP contribution in [0.15, 0.2) is 30.3 Å². The normalized spacial score (nSPS) is 13.3. The predicted molar refractivity (Wildman–Crippen MR) is 79.2 cm³/mol. The number of hydrogen-bond acceptors (Lipinski definition) is 3. The first-order valence-electron chi connectivity index (χ1n) is 6.74. The molecule has 0 aliphatic rings. The highest BCUT2D eigenvalue weighted by molar-refractivity contribution is 5.82. The van der Waals surface area contributed by atoms with Crippen molar-refractivity contribution >= 4 is 12.0 Å². The first-order valence-corrected chi connectivity index (χ1v) is 6.74. The number of methoxy groups -OCH3 is 1. The molecule has 116 valence electrons. The molecule has 0 aliphatic heterocycles. The number of carboxylic acids is 1. The maximum atomic E-state index is 12.1. The van der Waals surface area contributed by atoms with Gasteiger partial charge in [-0.1, -0.05) is 30.3 Å². The van der Waals surface area contributed by atoms with Crippen LogP contribution in [0.25, 0.3) is 0 Å². The molecule has 0 aliphatic carbocycles. The number of amides is 2. The second kappa shape index (κ2) is 8.26. The Bertz CT molecular complexity index is 464. The van der Waals surface area contributed by atoms with E-state index in [0.717, 1.165) is 5.56 Å². The van der Waals surface area contributed by atoms with Crippen molar-refractivity contribution in [3.8, 4) is 0 Å². The van der Waals surface area contributed by atoms with Crippen LogP contribution in [0.4, 0.5) is 4.79 Å². The molecule has 1 aromatic rings. The van der Waals surface area contributed by atoms with Gasteiger partial charge in [0, 0.05) is 20.6 Å². The van der Waals surface area contributed by atoms with Crippen molar-refractivity contribution in [2.24, 2.45) is 0 Å². The van der Waals surface area contributed by atoms with Gasteiger partial charge in [0.05, 0.1) is 12.6 Å². The van der Waals surface area contributed by atoms with E-state index in [2.05, 4.69) is 5.32 Å². The van der Waals surface area contributed by atoms with Gasteiger partial charge in [0.25, 0.3) is 0 Å². The van der Waals surface area contributed by atoms with E-state index < -0.39 is 18.0 Å². The fraction of sp³-hybridized carbons (Fsp3) is 0.467. The fourth-order valence-corrected chi connectivity index (χ4v) is 1.85. The number of carboxylic acid groups (broad SMARTS) is 1. The minimum Gasteiger partial charge on any atom is -0.480 e. The van der Waals surface area contributed by atoms with Gasteiger partial charge in [-0.25, -0.2) is 9.59 Å². The van der Waals surface area contributed by atoms with Crippen LogP contribution in [0.5, 0.6) is 0 Å². The summed E-state index contributed by atoms with van der Waals surface area (Å²) in [5.41, 5.74) is 0.859. The van der Waals surface area contributed by atoms with E-state index in [1.807, 2.05) is 37.3 Å². The monoisotopic (exact) mass is 294 g/mol. The van der Waals surface area contributed by atoms with Gasteiger partial charge in [-0.3, -0.25) is 0 Å². The molecule has 0 fully saturated rings. The number of nitrogens with one attached hydrogen (secondary N) is 1. The zero-order valence-corrected chi connectivity index (χ0v) is 12.6. The molecule has 2 N–H and O–H groups in total. The van der Waals surface area contributed by atoms with Crippen LogP contribution in [0.3, 0.4) is 0 Å². The van der Waals surface area contributed by atoms with Crippen molar-refractivity contribution in [2.75, 3.05) is 20.8 Å². The lowest BCUT2D eigenvalue weighted by Gasteiger charge is -2.26. The van der Waals surface area contributed by atoms with Gasteiger partial charge in [-0.05, 0) is 12.5 Å². The number of benzene rings is 1. The summed E-state index contributed by atoms with van der Waals surface area (Å²) in [7, 11) is 3.16. The Balaban J connectivity index is 2.66. The molecule has 0 saturated heterocycles. The summed E-state index contributed by atoms with van der Waals surface area (Å²) >= 11 is 0. The Hall–Kier alpha value is -2.08. The standard InChI is InChI=1S/C15H22N2O4/c1-11(10-21-3)17(2)15(20)16-13(14(18)19)9-12-7-5-4-6-8-12/h4-8,11,13H,9-10H2,1-3H3,(H,16,20)(H,18,19)/t11?,13-/m1/s1. The lowest BCUT2D eigenvalue weighted by Crippen LogP contribution is -2.50. The summed E-state index contributed by atoms with van der Waals surface area (Å²) in [6.45, 7) is 2.22. The molecule has 21 heavy (non-hydrogen) atoms. The van der Waals surface area contributed by atoms with E-state index in [9.17, 15) is 14.7 Å². The Morgan fingerprint density at radius 1 is 1.33 bits per heavy atom. The summed E-state index contributed by atoms with van der Waals surface area (Å²) in [5.74, 6) is -1.06. The highest BCUT2D eigenvalue weighted by Gasteiger charge is 2.24. The van der Waals surface area contributed by atoms with E-state index in [0.29, 0.717) is 6.61 Å². The van der Waals surface area contributed by atoms with E-state index in [1.54, 1.807) is 14.2 Å². The third-order valence-electron chi connectivity index (χ3n) is 3.27. The average molecular weight is 294 g/mol. The van der Waals surface area contributed by atoms with Gasteiger partial charge in [-0.2, -0.15) is 0 Å². The van der Waals surface area contributed by atoms with Crippen molar-refractivity contribution in [2.45, 2.75) is 25.4 Å². The number of carbonyl (C=O) groups is 2. The zero-order valence-electron chi connectivity index (χ0n) is 12.6. The molecule has 0 saturated carbocycles. The van der Waals surface area contributed by atoms with Gasteiger partial charge < -0.3 is 20.1 Å². The Kier molecular flexibility index (Phi) is 6.68. The largest absolute Gasteiger partial charge is 0.480 e. The van der Waals surface area contributed by atoms with Crippen molar-refractivity contribution in [1.29, 1.82) is 0 Å². The smallest absolute Gasteiger partial charge is 0.326 e. The predicted octanol–water partition coefficient (Wildman–Crippen LogP) is 1.36. The molecule has 1 rings (SSSR count). The lowest BCUT2D eigenvalue weighted by atomic mass is 10.1. The molecular weight excluding hydrogens is 272 g/mol. The third-order valence-corrected chi connectivity index (χ3v) is 3.27. The van der Waals surface area contributed by atoms with Crippen molar-refractivity contribution in [1.82, 2.24) is 10.2 Å². The van der Waals surface area contributed by atoms with Gasteiger partial charge >= 0.3 is 12.0 Å². The van der Waals surface area contributed by atoms with Gasteiger partial charge in [-0.15, -0.1) is 0 Å². The van der Waals surface area contributed by atoms with Crippen molar-refractivity contribution in [3.05, 3.63) is 35.9 Å². The molecule has 0 radical (unpaired) electrons. The fourth-order valence-electron chi connectivity index (χ4n) is 1.85. The van der Waals surface area contributed by atoms with Crippen LogP contribution >= 0.6 is 0 Å². The van der Waals surface area contributed by atoms with Crippen LogP contribution < -0.4 is 5.32 Å². The SMILES string of the molecule is COCC(C)N(C)C(=O)N[C@H](Cc1ccccc1)C(=O)O. The molecule has 6 heteroatoms. The molecule has 2 atom stereocenters. The number of carbonyl (C=O) groups excluding carboxylic acids is 1. The van der Waals surface area contributed by atoms with E-state index in [1.165, 1.54) is 4.90 Å². The van der Waals surface area contributed by atoms with Gasteiger partial charge in [0.1, 0.15) is 6.04 Å². The molecule has 0 heterocycles. The van der Waals surface area contributed by atoms with Crippen LogP contribution in [0.2, 0.25) is 0 Å². The van der Waals surface area contributed by atoms with Gasteiger partial charge in [0.2, 0.25) is 0 Å². The van der Waals surface area contributed by atoms with E-state index in [-0.39, 0.29) is 12.5 Å². The Morgan fingerprint density at radius 2 is 1.95 bits per heavy atom. The summed E-state index contributed by atoms with van der Waals surface area (Å²) in [4.78, 5) is 24.8. The molecule has 0 bridgehead atoms. The van der Waals surface area contributed by atoms with Crippen LogP contribution in [0, 0.1) is 0 Å². The van der Waals surface area contributed by atoms with Gasteiger partial charge in [0.15, 0.2) is 0 Å².